The van der Waals surface area contributed by atoms with Crippen LogP contribution in [-0.2, 0) is 13.1 Å². The fourth-order valence-corrected chi connectivity index (χ4v) is 3.07. The summed E-state index contributed by atoms with van der Waals surface area (Å²) in [5.41, 5.74) is 2.60. The zero-order chi connectivity index (χ0) is 22.1. The van der Waals surface area contributed by atoms with Gasteiger partial charge in [-0.25, -0.2) is 9.98 Å². The molecule has 3 aromatic rings. The lowest BCUT2D eigenvalue weighted by atomic mass is 10.1. The Bertz CT molecular complexity index is 1000. The number of hydrogen-bond acceptors (Lipinski definition) is 6. The number of aromatic nitrogens is 1. The number of oxazole rings is 1. The van der Waals surface area contributed by atoms with Crippen molar-refractivity contribution < 1.29 is 18.6 Å². The number of ether oxygens (including phenoxy) is 3. The summed E-state index contributed by atoms with van der Waals surface area (Å²) in [6.07, 6.45) is 1.65. The van der Waals surface area contributed by atoms with E-state index in [1.54, 1.807) is 27.6 Å². The first kappa shape index (κ1) is 22.0. The Morgan fingerprint density at radius 2 is 1.74 bits per heavy atom. The highest BCUT2D eigenvalue weighted by molar-refractivity contribution is 5.79. The molecule has 0 radical (unpaired) electrons. The van der Waals surface area contributed by atoms with Gasteiger partial charge in [0.2, 0.25) is 11.6 Å². The van der Waals surface area contributed by atoms with Crippen molar-refractivity contribution in [2.45, 2.75) is 20.0 Å². The van der Waals surface area contributed by atoms with Crippen molar-refractivity contribution in [3.63, 3.8) is 0 Å². The minimum atomic E-state index is 0.396. The van der Waals surface area contributed by atoms with Crippen LogP contribution in [0.15, 0.2) is 58.1 Å². The molecule has 0 bridgehead atoms. The van der Waals surface area contributed by atoms with E-state index in [9.17, 15) is 0 Å². The maximum atomic E-state index is 5.60. The van der Waals surface area contributed by atoms with E-state index < -0.39 is 0 Å². The van der Waals surface area contributed by atoms with Crippen LogP contribution in [0.1, 0.15) is 18.2 Å². The number of nitrogens with zero attached hydrogens (tertiary/aromatic N) is 2. The van der Waals surface area contributed by atoms with Crippen LogP contribution in [0.25, 0.3) is 11.5 Å². The van der Waals surface area contributed by atoms with Crippen LogP contribution < -0.4 is 24.8 Å². The van der Waals surface area contributed by atoms with Gasteiger partial charge in [0.15, 0.2) is 17.5 Å². The summed E-state index contributed by atoms with van der Waals surface area (Å²) >= 11 is 0. The zero-order valence-electron chi connectivity index (χ0n) is 18.3. The molecule has 0 saturated heterocycles. The standard InChI is InChI=1S/C23H28N4O4/c1-5-24-23(25-13-17-11-12-19(28-2)21(30-4)20(17)29-3)26-14-18-15-31-22(27-18)16-9-7-6-8-10-16/h6-12,15H,5,13-14H2,1-4H3,(H2,24,25,26). The molecule has 0 aliphatic carbocycles. The lowest BCUT2D eigenvalue weighted by molar-refractivity contribution is 0.322. The average Bonchev–Trinajstić information content (AvgIpc) is 3.29. The van der Waals surface area contributed by atoms with E-state index in [0.29, 0.717) is 42.2 Å². The van der Waals surface area contributed by atoms with Gasteiger partial charge < -0.3 is 29.3 Å². The van der Waals surface area contributed by atoms with Gasteiger partial charge in [-0.3, -0.25) is 0 Å². The van der Waals surface area contributed by atoms with Gasteiger partial charge in [-0.1, -0.05) is 18.2 Å². The summed E-state index contributed by atoms with van der Waals surface area (Å²) in [6, 6.07) is 13.5. The quantitative estimate of drug-likeness (QED) is 0.400. The Labute approximate surface area is 182 Å². The van der Waals surface area contributed by atoms with Gasteiger partial charge in [0.25, 0.3) is 0 Å². The maximum Gasteiger partial charge on any atom is 0.226 e. The second kappa shape index (κ2) is 10.9. The predicted octanol–water partition coefficient (Wildman–Crippen LogP) is 3.62. The molecular weight excluding hydrogens is 396 g/mol. The molecule has 0 spiro atoms. The Balaban J connectivity index is 1.71. The van der Waals surface area contributed by atoms with E-state index in [0.717, 1.165) is 23.4 Å². The van der Waals surface area contributed by atoms with Crippen LogP contribution in [0.2, 0.25) is 0 Å². The van der Waals surface area contributed by atoms with Crippen LogP contribution >= 0.6 is 0 Å². The molecule has 0 aliphatic rings. The van der Waals surface area contributed by atoms with Crippen molar-refractivity contribution in [1.29, 1.82) is 0 Å². The molecule has 1 aromatic heterocycles. The van der Waals surface area contributed by atoms with Gasteiger partial charge in [-0.2, -0.15) is 0 Å². The Morgan fingerprint density at radius 3 is 2.42 bits per heavy atom. The Morgan fingerprint density at radius 1 is 0.968 bits per heavy atom. The minimum absolute atomic E-state index is 0.396. The first-order valence-electron chi connectivity index (χ1n) is 10.00. The number of nitrogens with one attached hydrogen (secondary N) is 2. The van der Waals surface area contributed by atoms with Crippen molar-refractivity contribution in [2.75, 3.05) is 27.9 Å². The average molecular weight is 425 g/mol. The van der Waals surface area contributed by atoms with Crippen molar-refractivity contribution in [3.8, 4) is 28.7 Å². The van der Waals surface area contributed by atoms with E-state index in [-0.39, 0.29) is 0 Å². The highest BCUT2D eigenvalue weighted by Crippen LogP contribution is 2.39. The molecular formula is C23H28N4O4. The third-order valence-electron chi connectivity index (χ3n) is 4.55. The summed E-state index contributed by atoms with van der Waals surface area (Å²) in [7, 11) is 4.78. The Hall–Kier alpha value is -3.68. The van der Waals surface area contributed by atoms with Gasteiger partial charge in [0, 0.05) is 17.7 Å². The number of guanidine groups is 1. The molecule has 0 atom stereocenters. The molecule has 0 unspecified atom stereocenters. The summed E-state index contributed by atoms with van der Waals surface area (Å²) in [4.78, 5) is 9.20. The highest BCUT2D eigenvalue weighted by atomic mass is 16.5. The molecule has 0 amide bonds. The summed E-state index contributed by atoms with van der Waals surface area (Å²) in [5.74, 6) is 3.01. The molecule has 0 fully saturated rings. The molecule has 8 nitrogen and oxygen atoms in total. The van der Waals surface area contributed by atoms with E-state index in [2.05, 4.69) is 20.6 Å². The molecule has 2 aromatic carbocycles. The summed E-state index contributed by atoms with van der Waals surface area (Å²) in [5, 5.41) is 6.51. The lowest BCUT2D eigenvalue weighted by Gasteiger charge is -2.15. The summed E-state index contributed by atoms with van der Waals surface area (Å²) < 4.78 is 21.9. The van der Waals surface area contributed by atoms with Crippen molar-refractivity contribution in [2.24, 2.45) is 4.99 Å². The first-order chi connectivity index (χ1) is 15.2. The molecule has 0 aliphatic heterocycles. The van der Waals surface area contributed by atoms with Gasteiger partial charge in [0.05, 0.1) is 40.1 Å². The molecule has 164 valence electrons. The number of rotatable bonds is 9. The van der Waals surface area contributed by atoms with Crippen molar-refractivity contribution in [3.05, 3.63) is 60.0 Å². The van der Waals surface area contributed by atoms with Crippen molar-refractivity contribution in [1.82, 2.24) is 15.6 Å². The number of hydrogen-bond donors (Lipinski definition) is 2. The zero-order valence-corrected chi connectivity index (χ0v) is 18.3. The van der Waals surface area contributed by atoms with Gasteiger partial charge in [-0.15, -0.1) is 0 Å². The van der Waals surface area contributed by atoms with E-state index in [1.807, 2.05) is 49.4 Å². The van der Waals surface area contributed by atoms with Crippen LogP contribution in [-0.4, -0.2) is 38.8 Å². The predicted molar refractivity (Wildman–Crippen MR) is 120 cm³/mol. The van der Waals surface area contributed by atoms with E-state index >= 15 is 0 Å². The molecule has 8 heteroatoms. The monoisotopic (exact) mass is 424 g/mol. The van der Waals surface area contributed by atoms with Gasteiger partial charge in [0.1, 0.15) is 6.26 Å². The fourth-order valence-electron chi connectivity index (χ4n) is 3.07. The van der Waals surface area contributed by atoms with Gasteiger partial charge in [-0.05, 0) is 31.2 Å². The second-order valence-corrected chi connectivity index (χ2v) is 6.55. The molecule has 0 saturated carbocycles. The van der Waals surface area contributed by atoms with Crippen LogP contribution in [0.5, 0.6) is 17.2 Å². The molecule has 31 heavy (non-hydrogen) atoms. The maximum absolute atomic E-state index is 5.60. The number of methoxy groups -OCH3 is 3. The minimum Gasteiger partial charge on any atom is -0.493 e. The molecule has 3 rings (SSSR count). The first-order valence-corrected chi connectivity index (χ1v) is 10.00. The van der Waals surface area contributed by atoms with Crippen LogP contribution in [0.4, 0.5) is 0 Å². The summed E-state index contributed by atoms with van der Waals surface area (Å²) in [6.45, 7) is 3.61. The van der Waals surface area contributed by atoms with Crippen molar-refractivity contribution >= 4 is 5.96 Å². The normalized spacial score (nSPS) is 11.2. The van der Waals surface area contributed by atoms with E-state index in [4.69, 9.17) is 18.6 Å². The molecule has 1 heterocycles. The second-order valence-electron chi connectivity index (χ2n) is 6.55. The van der Waals surface area contributed by atoms with E-state index in [1.165, 1.54) is 0 Å². The smallest absolute Gasteiger partial charge is 0.226 e. The van der Waals surface area contributed by atoms with Crippen LogP contribution in [0.3, 0.4) is 0 Å². The Kier molecular flexibility index (Phi) is 7.75. The third kappa shape index (κ3) is 5.48. The highest BCUT2D eigenvalue weighted by Gasteiger charge is 2.15. The van der Waals surface area contributed by atoms with Gasteiger partial charge >= 0.3 is 0 Å². The topological polar surface area (TPSA) is 90.1 Å². The fraction of sp³-hybridized carbons (Fsp3) is 0.304. The van der Waals surface area contributed by atoms with Crippen LogP contribution in [0, 0.1) is 0 Å². The molecule has 2 N–H and O–H groups in total. The number of aliphatic imine (C=N–C) groups is 1. The number of benzene rings is 2. The SMILES string of the molecule is CCNC(=NCc1ccc(OC)c(OC)c1OC)NCc1coc(-c2ccccc2)n1. The lowest BCUT2D eigenvalue weighted by Crippen LogP contribution is -2.36. The third-order valence-corrected chi connectivity index (χ3v) is 4.55. The largest absolute Gasteiger partial charge is 0.493 e.